The fourth-order valence-corrected chi connectivity index (χ4v) is 3.53. The average molecular weight is 290 g/mol. The fraction of sp³-hybridized carbons (Fsp3) is 1.00. The van der Waals surface area contributed by atoms with Gasteiger partial charge in [-0.05, 0) is 11.8 Å². The lowest BCUT2D eigenvalue weighted by Crippen LogP contribution is -2.29. The number of rotatable bonds is 8. The molecule has 0 radical (unpaired) electrons. The second-order valence-corrected chi connectivity index (χ2v) is 8.40. The van der Waals surface area contributed by atoms with E-state index in [1.807, 2.05) is 0 Å². The van der Waals surface area contributed by atoms with Crippen LogP contribution in [-0.4, -0.2) is 19.8 Å². The van der Waals surface area contributed by atoms with E-state index in [2.05, 4.69) is 34.6 Å². The molecule has 1 rings (SSSR count). The minimum atomic E-state index is -1.12. The molecule has 1 saturated heterocycles. The summed E-state index contributed by atoms with van der Waals surface area (Å²) in [5, 5.41) is 0. The Balaban J connectivity index is 2.16. The third kappa shape index (κ3) is 7.60. The Morgan fingerprint density at radius 2 is 1.74 bits per heavy atom. The van der Waals surface area contributed by atoms with Crippen LogP contribution in [0.3, 0.4) is 0 Å². The molecule has 0 aromatic rings. The highest BCUT2D eigenvalue weighted by Crippen LogP contribution is 2.47. The molecule has 0 unspecified atom stereocenters. The van der Waals surface area contributed by atoms with Crippen molar-refractivity contribution < 1.29 is 13.6 Å². The van der Waals surface area contributed by atoms with Gasteiger partial charge in [0.05, 0.1) is 19.8 Å². The first kappa shape index (κ1) is 17.4. The van der Waals surface area contributed by atoms with Crippen molar-refractivity contribution in [1.82, 2.24) is 0 Å². The number of unbranched alkanes of at least 4 members (excludes halogenated alkanes) is 3. The summed E-state index contributed by atoms with van der Waals surface area (Å²) in [4.78, 5) is 0. The standard InChI is InChI=1S/C15H31O3P/c1-6-7-8-9-10-14(2,3)11-16-19-17-12-15(4,5)13-18-19/h6-13H2,1-5H3. The number of hydrogen-bond donors (Lipinski definition) is 0. The highest BCUT2D eigenvalue weighted by molar-refractivity contribution is 7.41. The molecule has 0 atom stereocenters. The second kappa shape index (κ2) is 7.93. The molecule has 0 amide bonds. The quantitative estimate of drug-likeness (QED) is 0.448. The maximum Gasteiger partial charge on any atom is 0.332 e. The highest BCUT2D eigenvalue weighted by atomic mass is 31.2. The van der Waals surface area contributed by atoms with E-state index in [0.29, 0.717) is 0 Å². The summed E-state index contributed by atoms with van der Waals surface area (Å²) < 4.78 is 17.1. The monoisotopic (exact) mass is 290 g/mol. The largest absolute Gasteiger partial charge is 0.332 e. The van der Waals surface area contributed by atoms with Gasteiger partial charge in [0, 0.05) is 5.41 Å². The molecule has 19 heavy (non-hydrogen) atoms. The summed E-state index contributed by atoms with van der Waals surface area (Å²) in [6.45, 7) is 13.3. The number of hydrogen-bond acceptors (Lipinski definition) is 3. The van der Waals surface area contributed by atoms with Gasteiger partial charge in [-0.2, -0.15) is 0 Å². The molecule has 0 N–H and O–H groups in total. The van der Waals surface area contributed by atoms with Gasteiger partial charge in [0.15, 0.2) is 0 Å². The van der Waals surface area contributed by atoms with Crippen molar-refractivity contribution >= 4 is 8.60 Å². The van der Waals surface area contributed by atoms with Crippen LogP contribution >= 0.6 is 8.60 Å². The molecule has 0 bridgehead atoms. The lowest BCUT2D eigenvalue weighted by Gasteiger charge is -2.34. The zero-order valence-corrected chi connectivity index (χ0v) is 14.2. The van der Waals surface area contributed by atoms with Crippen LogP contribution in [0.2, 0.25) is 0 Å². The van der Waals surface area contributed by atoms with Gasteiger partial charge in [-0.3, -0.25) is 0 Å². The summed E-state index contributed by atoms with van der Waals surface area (Å²) in [6.07, 6.45) is 6.46. The molecule has 0 saturated carbocycles. The normalized spacial score (nSPS) is 20.7. The minimum absolute atomic E-state index is 0.123. The fourth-order valence-electron chi connectivity index (χ4n) is 1.94. The van der Waals surface area contributed by atoms with Crippen molar-refractivity contribution in [3.63, 3.8) is 0 Å². The first-order valence-electron chi connectivity index (χ1n) is 7.54. The van der Waals surface area contributed by atoms with Gasteiger partial charge in [-0.15, -0.1) is 0 Å². The smallest absolute Gasteiger partial charge is 0.312 e. The van der Waals surface area contributed by atoms with Crippen LogP contribution in [-0.2, 0) is 13.6 Å². The van der Waals surface area contributed by atoms with Gasteiger partial charge in [0.2, 0.25) is 0 Å². The molecule has 1 aliphatic rings. The van der Waals surface area contributed by atoms with Crippen LogP contribution < -0.4 is 0 Å². The Kier molecular flexibility index (Phi) is 7.24. The van der Waals surface area contributed by atoms with Crippen LogP contribution in [0.25, 0.3) is 0 Å². The van der Waals surface area contributed by atoms with E-state index in [4.69, 9.17) is 13.6 Å². The van der Waals surface area contributed by atoms with Crippen molar-refractivity contribution in [2.75, 3.05) is 19.8 Å². The molecule has 1 aliphatic heterocycles. The average Bonchev–Trinajstić information content (AvgIpc) is 2.33. The Morgan fingerprint density at radius 1 is 1.11 bits per heavy atom. The molecular formula is C15H31O3P. The van der Waals surface area contributed by atoms with Crippen LogP contribution in [0, 0.1) is 10.8 Å². The van der Waals surface area contributed by atoms with E-state index in [-0.39, 0.29) is 10.8 Å². The van der Waals surface area contributed by atoms with Crippen LogP contribution in [0.4, 0.5) is 0 Å². The van der Waals surface area contributed by atoms with Crippen molar-refractivity contribution in [2.24, 2.45) is 10.8 Å². The van der Waals surface area contributed by atoms with E-state index in [1.54, 1.807) is 0 Å². The van der Waals surface area contributed by atoms with Crippen molar-refractivity contribution in [3.05, 3.63) is 0 Å². The Morgan fingerprint density at radius 3 is 2.32 bits per heavy atom. The highest BCUT2D eigenvalue weighted by Gasteiger charge is 2.31. The third-order valence-corrected chi connectivity index (χ3v) is 4.41. The van der Waals surface area contributed by atoms with Gasteiger partial charge < -0.3 is 13.6 Å². The predicted molar refractivity (Wildman–Crippen MR) is 81.1 cm³/mol. The van der Waals surface area contributed by atoms with Crippen molar-refractivity contribution in [1.29, 1.82) is 0 Å². The summed E-state index contributed by atoms with van der Waals surface area (Å²) in [5.41, 5.74) is 0.341. The van der Waals surface area contributed by atoms with E-state index in [1.165, 1.54) is 32.1 Å². The first-order chi connectivity index (χ1) is 8.85. The van der Waals surface area contributed by atoms with Gasteiger partial charge in [-0.1, -0.05) is 60.3 Å². The van der Waals surface area contributed by atoms with E-state index >= 15 is 0 Å². The van der Waals surface area contributed by atoms with Crippen LogP contribution in [0.5, 0.6) is 0 Å². The molecule has 1 heterocycles. The first-order valence-corrected chi connectivity index (χ1v) is 8.63. The summed E-state index contributed by atoms with van der Waals surface area (Å²) in [7, 11) is -1.12. The van der Waals surface area contributed by atoms with Gasteiger partial charge in [0.1, 0.15) is 0 Å². The van der Waals surface area contributed by atoms with E-state index in [9.17, 15) is 0 Å². The Hall–Kier alpha value is 0.310. The SMILES string of the molecule is CCCCCCC(C)(C)COP1OCC(C)(C)CO1. The summed E-state index contributed by atoms with van der Waals surface area (Å²) in [6, 6.07) is 0. The summed E-state index contributed by atoms with van der Waals surface area (Å²) in [5.74, 6) is 0. The topological polar surface area (TPSA) is 27.7 Å². The maximum atomic E-state index is 5.82. The Labute approximate surface area is 120 Å². The molecule has 114 valence electrons. The predicted octanol–water partition coefficient (Wildman–Crippen LogP) is 5.30. The molecule has 3 nitrogen and oxygen atoms in total. The van der Waals surface area contributed by atoms with Crippen molar-refractivity contribution in [3.8, 4) is 0 Å². The van der Waals surface area contributed by atoms with Crippen LogP contribution in [0.1, 0.15) is 66.7 Å². The molecule has 0 aromatic heterocycles. The zero-order valence-electron chi connectivity index (χ0n) is 13.3. The maximum absolute atomic E-state index is 5.82. The molecule has 0 aromatic carbocycles. The Bertz CT molecular complexity index is 244. The minimum Gasteiger partial charge on any atom is -0.312 e. The van der Waals surface area contributed by atoms with Crippen molar-refractivity contribution in [2.45, 2.75) is 66.7 Å². The lowest BCUT2D eigenvalue weighted by molar-refractivity contribution is 0.0173. The molecule has 0 aliphatic carbocycles. The van der Waals surface area contributed by atoms with Gasteiger partial charge >= 0.3 is 8.60 Å². The lowest BCUT2D eigenvalue weighted by atomic mass is 9.88. The van der Waals surface area contributed by atoms with Gasteiger partial charge in [0.25, 0.3) is 0 Å². The van der Waals surface area contributed by atoms with Gasteiger partial charge in [-0.25, -0.2) is 0 Å². The third-order valence-electron chi connectivity index (χ3n) is 3.39. The van der Waals surface area contributed by atoms with Crippen LogP contribution in [0.15, 0.2) is 0 Å². The molecular weight excluding hydrogens is 259 g/mol. The van der Waals surface area contributed by atoms with E-state index in [0.717, 1.165) is 19.8 Å². The molecule has 1 fully saturated rings. The van der Waals surface area contributed by atoms with E-state index < -0.39 is 8.60 Å². The zero-order chi connectivity index (χ0) is 14.4. The molecule has 0 spiro atoms. The summed E-state index contributed by atoms with van der Waals surface area (Å²) >= 11 is 0. The second-order valence-electron chi connectivity index (χ2n) is 7.18. The molecule has 4 heteroatoms.